The van der Waals surface area contributed by atoms with E-state index < -0.39 is 18.4 Å². The number of aliphatic carboxylic acids is 2. The van der Waals surface area contributed by atoms with E-state index in [9.17, 15) is 9.59 Å². The summed E-state index contributed by atoms with van der Waals surface area (Å²) < 4.78 is 0. The molecule has 2 N–H and O–H groups in total. The number of rotatable bonds is 7. The molecule has 0 aromatic rings. The van der Waals surface area contributed by atoms with Gasteiger partial charge in [-0.1, -0.05) is 25.3 Å². The molecule has 0 aromatic heterocycles. The van der Waals surface area contributed by atoms with Crippen LogP contribution in [0.4, 0.5) is 0 Å². The highest BCUT2D eigenvalue weighted by Gasteiger charge is 2.14. The van der Waals surface area contributed by atoms with Gasteiger partial charge in [0.1, 0.15) is 0 Å². The molecule has 0 amide bonds. The molecule has 0 rings (SSSR count). The lowest BCUT2D eigenvalue weighted by Crippen LogP contribution is -2.09. The fraction of sp³-hybridized carbons (Fsp3) is 0.636. The summed E-state index contributed by atoms with van der Waals surface area (Å²) in [7, 11) is 0. The van der Waals surface area contributed by atoms with Gasteiger partial charge < -0.3 is 10.2 Å². The molecule has 86 valence electrons. The summed E-state index contributed by atoms with van der Waals surface area (Å²) in [4.78, 5) is 21.2. The molecule has 0 atom stereocenters. The van der Waals surface area contributed by atoms with Crippen molar-refractivity contribution in [2.24, 2.45) is 0 Å². The van der Waals surface area contributed by atoms with Crippen LogP contribution < -0.4 is 0 Å². The Morgan fingerprint density at radius 2 is 1.73 bits per heavy atom. The third-order valence-corrected chi connectivity index (χ3v) is 2.26. The van der Waals surface area contributed by atoms with E-state index in [0.29, 0.717) is 12.0 Å². The largest absolute Gasteiger partial charge is 0.481 e. The number of carboxylic acid groups (broad SMARTS) is 2. The second kappa shape index (κ2) is 7.04. The molecular weight excluding hydrogens is 196 g/mol. The molecule has 0 aliphatic rings. The van der Waals surface area contributed by atoms with E-state index in [4.69, 9.17) is 10.2 Å². The molecule has 0 fully saturated rings. The minimum atomic E-state index is -1.12. The van der Waals surface area contributed by atoms with Gasteiger partial charge >= 0.3 is 11.9 Å². The molecule has 0 aromatic carbocycles. The summed E-state index contributed by atoms with van der Waals surface area (Å²) in [5.74, 6) is -2.21. The number of carbonyl (C=O) groups is 2. The van der Waals surface area contributed by atoms with Gasteiger partial charge in [0.05, 0.1) is 6.42 Å². The van der Waals surface area contributed by atoms with Gasteiger partial charge in [0, 0.05) is 5.57 Å². The number of hydrogen-bond donors (Lipinski definition) is 2. The molecule has 0 bridgehead atoms. The predicted molar refractivity (Wildman–Crippen MR) is 56.7 cm³/mol. The van der Waals surface area contributed by atoms with Crippen LogP contribution in [0.25, 0.3) is 0 Å². The topological polar surface area (TPSA) is 74.6 Å². The van der Waals surface area contributed by atoms with Crippen molar-refractivity contribution in [2.75, 3.05) is 0 Å². The summed E-state index contributed by atoms with van der Waals surface area (Å²) >= 11 is 0. The van der Waals surface area contributed by atoms with Gasteiger partial charge in [-0.2, -0.15) is 0 Å². The second-order valence-corrected chi connectivity index (χ2v) is 3.59. The first-order valence-electron chi connectivity index (χ1n) is 5.12. The number of hydrogen-bond acceptors (Lipinski definition) is 2. The van der Waals surface area contributed by atoms with Gasteiger partial charge in [-0.25, -0.2) is 4.79 Å². The van der Waals surface area contributed by atoms with E-state index in [1.807, 2.05) is 0 Å². The van der Waals surface area contributed by atoms with Gasteiger partial charge in [0.15, 0.2) is 0 Å². The monoisotopic (exact) mass is 214 g/mol. The van der Waals surface area contributed by atoms with Crippen LogP contribution in [0.1, 0.15) is 46.0 Å². The van der Waals surface area contributed by atoms with Gasteiger partial charge in [-0.05, 0) is 19.8 Å². The van der Waals surface area contributed by atoms with Crippen molar-refractivity contribution in [2.45, 2.75) is 46.0 Å². The second-order valence-electron chi connectivity index (χ2n) is 3.59. The molecule has 4 nitrogen and oxygen atoms in total. The maximum Gasteiger partial charge on any atom is 0.332 e. The minimum absolute atomic E-state index is 0.0265. The van der Waals surface area contributed by atoms with E-state index in [2.05, 4.69) is 6.92 Å². The lowest BCUT2D eigenvalue weighted by atomic mass is 10.0. The van der Waals surface area contributed by atoms with Crippen LogP contribution in [0, 0.1) is 0 Å². The lowest BCUT2D eigenvalue weighted by molar-refractivity contribution is -0.139. The Kier molecular flexibility index (Phi) is 6.42. The molecular formula is C11H18O4. The third-order valence-electron chi connectivity index (χ3n) is 2.26. The summed E-state index contributed by atoms with van der Waals surface area (Å²) in [6, 6.07) is 0. The fourth-order valence-electron chi connectivity index (χ4n) is 1.35. The van der Waals surface area contributed by atoms with Crippen molar-refractivity contribution in [3.8, 4) is 0 Å². The van der Waals surface area contributed by atoms with Crippen LogP contribution in [-0.4, -0.2) is 22.2 Å². The maximum atomic E-state index is 10.8. The van der Waals surface area contributed by atoms with E-state index >= 15 is 0 Å². The zero-order chi connectivity index (χ0) is 11.8. The van der Waals surface area contributed by atoms with Crippen LogP contribution in [0.15, 0.2) is 11.1 Å². The van der Waals surface area contributed by atoms with Gasteiger partial charge in [-0.3, -0.25) is 4.79 Å². The molecule has 0 radical (unpaired) electrons. The zero-order valence-electron chi connectivity index (χ0n) is 9.25. The zero-order valence-corrected chi connectivity index (χ0v) is 9.25. The molecule has 0 aliphatic heterocycles. The molecule has 0 saturated heterocycles. The van der Waals surface area contributed by atoms with Crippen molar-refractivity contribution >= 4 is 11.9 Å². The van der Waals surface area contributed by atoms with Crippen molar-refractivity contribution in [1.82, 2.24) is 0 Å². The standard InChI is InChI=1S/C11H18O4/c1-3-4-5-6-8(2)9(11(14)15)7-10(12)13/h3-7H2,1-2H3,(H,12,13)(H,14,15). The highest BCUT2D eigenvalue weighted by atomic mass is 16.4. The van der Waals surface area contributed by atoms with Crippen LogP contribution in [-0.2, 0) is 9.59 Å². The Morgan fingerprint density at radius 3 is 2.13 bits per heavy atom. The first kappa shape index (κ1) is 13.7. The van der Waals surface area contributed by atoms with Crippen LogP contribution in [0.3, 0.4) is 0 Å². The van der Waals surface area contributed by atoms with E-state index in [1.54, 1.807) is 6.92 Å². The van der Waals surface area contributed by atoms with E-state index in [1.165, 1.54) is 0 Å². The normalized spacial score (nSPS) is 12.1. The van der Waals surface area contributed by atoms with Crippen LogP contribution in [0.5, 0.6) is 0 Å². The summed E-state index contributed by atoms with van der Waals surface area (Å²) in [5.41, 5.74) is 0.706. The van der Waals surface area contributed by atoms with Crippen molar-refractivity contribution in [1.29, 1.82) is 0 Å². The Balaban J connectivity index is 4.46. The van der Waals surface area contributed by atoms with Crippen molar-refractivity contribution < 1.29 is 19.8 Å². The first-order chi connectivity index (χ1) is 6.99. The minimum Gasteiger partial charge on any atom is -0.481 e. The average Bonchev–Trinajstić information content (AvgIpc) is 2.13. The summed E-state index contributed by atoms with van der Waals surface area (Å²) in [6.45, 7) is 3.76. The molecule has 0 unspecified atom stereocenters. The van der Waals surface area contributed by atoms with Crippen molar-refractivity contribution in [3.63, 3.8) is 0 Å². The molecule has 4 heteroatoms. The number of carboxylic acids is 2. The van der Waals surface area contributed by atoms with E-state index in [0.717, 1.165) is 19.3 Å². The summed E-state index contributed by atoms with van der Waals surface area (Å²) in [5, 5.41) is 17.4. The highest BCUT2D eigenvalue weighted by Crippen LogP contribution is 2.16. The molecule has 0 heterocycles. The predicted octanol–water partition coefficient (Wildman–Crippen LogP) is 2.44. The summed E-state index contributed by atoms with van der Waals surface area (Å²) in [6.07, 6.45) is 3.29. The SMILES string of the molecule is CCCCCC(C)=C(CC(=O)O)C(=O)O. The number of unbranched alkanes of at least 4 members (excludes halogenated alkanes) is 2. The maximum absolute atomic E-state index is 10.8. The Morgan fingerprint density at radius 1 is 1.13 bits per heavy atom. The van der Waals surface area contributed by atoms with Crippen LogP contribution >= 0.6 is 0 Å². The smallest absolute Gasteiger partial charge is 0.332 e. The Bertz CT molecular complexity index is 266. The third kappa shape index (κ3) is 5.88. The van der Waals surface area contributed by atoms with Gasteiger partial charge in [-0.15, -0.1) is 0 Å². The average molecular weight is 214 g/mol. The first-order valence-corrected chi connectivity index (χ1v) is 5.12. The quantitative estimate of drug-likeness (QED) is 0.504. The molecule has 0 saturated carbocycles. The molecule has 0 spiro atoms. The molecule has 15 heavy (non-hydrogen) atoms. The Hall–Kier alpha value is -1.32. The van der Waals surface area contributed by atoms with Gasteiger partial charge in [0.2, 0.25) is 0 Å². The van der Waals surface area contributed by atoms with Crippen LogP contribution in [0.2, 0.25) is 0 Å². The van der Waals surface area contributed by atoms with E-state index in [-0.39, 0.29) is 5.57 Å². The number of allylic oxidation sites excluding steroid dienone is 1. The lowest BCUT2D eigenvalue weighted by Gasteiger charge is -2.05. The van der Waals surface area contributed by atoms with Gasteiger partial charge in [0.25, 0.3) is 0 Å². The van der Waals surface area contributed by atoms with Crippen molar-refractivity contribution in [3.05, 3.63) is 11.1 Å². The highest BCUT2D eigenvalue weighted by molar-refractivity contribution is 5.92. The molecule has 0 aliphatic carbocycles. The fourth-order valence-corrected chi connectivity index (χ4v) is 1.35. The Labute approximate surface area is 89.6 Å².